The Labute approximate surface area is 117 Å². The van der Waals surface area contributed by atoms with E-state index in [1.54, 1.807) is 12.4 Å². The molecule has 0 saturated carbocycles. The summed E-state index contributed by atoms with van der Waals surface area (Å²) >= 11 is 0. The van der Waals surface area contributed by atoms with Crippen molar-refractivity contribution in [1.29, 1.82) is 0 Å². The predicted molar refractivity (Wildman–Crippen MR) is 77.1 cm³/mol. The molecule has 0 aliphatic heterocycles. The highest BCUT2D eigenvalue weighted by molar-refractivity contribution is 5.77. The van der Waals surface area contributed by atoms with E-state index in [1.165, 1.54) is 0 Å². The molecule has 3 aromatic rings. The number of benzene rings is 1. The van der Waals surface area contributed by atoms with Crippen LogP contribution < -0.4 is 5.32 Å². The minimum Gasteiger partial charge on any atom is -0.460 e. The zero-order chi connectivity index (χ0) is 13.8. The summed E-state index contributed by atoms with van der Waals surface area (Å²) in [6.07, 6.45) is 2.82. The molecule has 0 aliphatic rings. The van der Waals surface area contributed by atoms with E-state index in [1.807, 2.05) is 42.5 Å². The number of hydrogen-bond acceptors (Lipinski definition) is 4. The average molecular weight is 268 g/mol. The van der Waals surface area contributed by atoms with Crippen LogP contribution in [0.25, 0.3) is 11.0 Å². The standard InChI is InChI=1S/C16H16N2O2/c19-15(12-5-7-17-8-6-12)11-18-10-14-9-13-3-1-2-4-16(13)20-14/h1-9,15,18-19H,10-11H2. The van der Waals surface area contributed by atoms with Crippen LogP contribution in [0.15, 0.2) is 59.3 Å². The molecule has 102 valence electrons. The Morgan fingerprint density at radius 1 is 1.15 bits per heavy atom. The maximum Gasteiger partial charge on any atom is 0.134 e. The van der Waals surface area contributed by atoms with E-state index < -0.39 is 6.10 Å². The Morgan fingerprint density at radius 2 is 1.95 bits per heavy atom. The molecule has 20 heavy (non-hydrogen) atoms. The second-order valence-corrected chi connectivity index (χ2v) is 4.68. The Balaban J connectivity index is 1.57. The smallest absolute Gasteiger partial charge is 0.134 e. The number of hydrogen-bond donors (Lipinski definition) is 2. The van der Waals surface area contributed by atoms with Crippen molar-refractivity contribution in [2.24, 2.45) is 0 Å². The zero-order valence-electron chi connectivity index (χ0n) is 11.0. The zero-order valence-corrected chi connectivity index (χ0v) is 11.0. The van der Waals surface area contributed by atoms with Gasteiger partial charge in [-0.15, -0.1) is 0 Å². The van der Waals surface area contributed by atoms with Gasteiger partial charge >= 0.3 is 0 Å². The number of fused-ring (bicyclic) bond motifs is 1. The molecule has 1 aromatic carbocycles. The van der Waals surface area contributed by atoms with Gasteiger partial charge in [-0.1, -0.05) is 18.2 Å². The second-order valence-electron chi connectivity index (χ2n) is 4.68. The van der Waals surface area contributed by atoms with Crippen LogP contribution in [0.2, 0.25) is 0 Å². The minimum absolute atomic E-state index is 0.473. The first-order chi connectivity index (χ1) is 9.83. The van der Waals surface area contributed by atoms with Gasteiger partial charge in [0.1, 0.15) is 11.3 Å². The molecule has 0 saturated heterocycles. The van der Waals surface area contributed by atoms with E-state index >= 15 is 0 Å². The lowest BCUT2D eigenvalue weighted by atomic mass is 10.1. The molecule has 0 radical (unpaired) electrons. The summed E-state index contributed by atoms with van der Waals surface area (Å²) in [6, 6.07) is 13.6. The predicted octanol–water partition coefficient (Wildman–Crippen LogP) is 2.65. The number of pyridine rings is 1. The summed E-state index contributed by atoms with van der Waals surface area (Å²) in [4.78, 5) is 3.93. The van der Waals surface area contributed by atoms with Gasteiger partial charge in [-0.3, -0.25) is 4.98 Å². The van der Waals surface area contributed by atoms with Gasteiger partial charge in [0, 0.05) is 24.3 Å². The fourth-order valence-corrected chi connectivity index (χ4v) is 2.16. The van der Waals surface area contributed by atoms with Crippen LogP contribution in [0.5, 0.6) is 0 Å². The molecular weight excluding hydrogens is 252 g/mol. The third-order valence-corrected chi connectivity index (χ3v) is 3.20. The van der Waals surface area contributed by atoms with Gasteiger partial charge < -0.3 is 14.8 Å². The molecule has 0 bridgehead atoms. The molecule has 2 aromatic heterocycles. The Bertz CT molecular complexity index is 646. The van der Waals surface area contributed by atoms with E-state index in [2.05, 4.69) is 10.3 Å². The lowest BCUT2D eigenvalue weighted by Crippen LogP contribution is -2.20. The first-order valence-electron chi connectivity index (χ1n) is 6.59. The van der Waals surface area contributed by atoms with Crippen molar-refractivity contribution in [2.75, 3.05) is 6.54 Å². The number of para-hydroxylation sites is 1. The first-order valence-corrected chi connectivity index (χ1v) is 6.59. The SMILES string of the molecule is OC(CNCc1cc2ccccc2o1)c1ccncc1. The summed E-state index contributed by atoms with van der Waals surface area (Å²) in [7, 11) is 0. The van der Waals surface area contributed by atoms with Gasteiger partial charge in [0.15, 0.2) is 0 Å². The highest BCUT2D eigenvalue weighted by atomic mass is 16.3. The molecule has 0 spiro atoms. The number of nitrogens with one attached hydrogen (secondary N) is 1. The molecule has 3 rings (SSSR count). The number of aliphatic hydroxyl groups excluding tert-OH is 1. The van der Waals surface area contributed by atoms with Gasteiger partial charge in [-0.05, 0) is 29.8 Å². The van der Waals surface area contributed by atoms with Gasteiger partial charge in [0.25, 0.3) is 0 Å². The van der Waals surface area contributed by atoms with Crippen LogP contribution in [-0.2, 0) is 6.54 Å². The van der Waals surface area contributed by atoms with Gasteiger partial charge in [0.05, 0.1) is 12.6 Å². The number of nitrogens with zero attached hydrogens (tertiary/aromatic N) is 1. The molecular formula is C16H16N2O2. The maximum atomic E-state index is 10.0. The van der Waals surface area contributed by atoms with Crippen LogP contribution in [0.3, 0.4) is 0 Å². The molecule has 0 aliphatic carbocycles. The van der Waals surface area contributed by atoms with Crippen molar-refractivity contribution >= 4 is 11.0 Å². The van der Waals surface area contributed by atoms with Crippen LogP contribution in [0, 0.1) is 0 Å². The Morgan fingerprint density at radius 3 is 2.75 bits per heavy atom. The van der Waals surface area contributed by atoms with Crippen molar-refractivity contribution in [2.45, 2.75) is 12.6 Å². The lowest BCUT2D eigenvalue weighted by molar-refractivity contribution is 0.173. The van der Waals surface area contributed by atoms with E-state index in [4.69, 9.17) is 4.42 Å². The van der Waals surface area contributed by atoms with Crippen molar-refractivity contribution < 1.29 is 9.52 Å². The summed E-state index contributed by atoms with van der Waals surface area (Å²) < 4.78 is 5.70. The molecule has 1 atom stereocenters. The van der Waals surface area contributed by atoms with E-state index in [-0.39, 0.29) is 0 Å². The van der Waals surface area contributed by atoms with Crippen molar-refractivity contribution in [3.05, 3.63) is 66.2 Å². The number of rotatable bonds is 5. The lowest BCUT2D eigenvalue weighted by Gasteiger charge is -2.10. The molecule has 2 heterocycles. The molecule has 0 amide bonds. The number of furan rings is 1. The molecule has 4 heteroatoms. The largest absolute Gasteiger partial charge is 0.460 e. The number of aromatic nitrogens is 1. The van der Waals surface area contributed by atoms with E-state index in [0.717, 1.165) is 22.3 Å². The van der Waals surface area contributed by atoms with E-state index in [0.29, 0.717) is 13.1 Å². The van der Waals surface area contributed by atoms with Crippen molar-refractivity contribution in [3.63, 3.8) is 0 Å². The van der Waals surface area contributed by atoms with Gasteiger partial charge in [-0.2, -0.15) is 0 Å². The summed E-state index contributed by atoms with van der Waals surface area (Å²) in [5.74, 6) is 0.869. The molecule has 2 N–H and O–H groups in total. The van der Waals surface area contributed by atoms with Crippen molar-refractivity contribution in [3.8, 4) is 0 Å². The van der Waals surface area contributed by atoms with Crippen LogP contribution in [0.1, 0.15) is 17.4 Å². The van der Waals surface area contributed by atoms with Crippen LogP contribution in [-0.4, -0.2) is 16.6 Å². The first kappa shape index (κ1) is 12.8. The monoisotopic (exact) mass is 268 g/mol. The Hall–Kier alpha value is -2.17. The molecule has 1 unspecified atom stereocenters. The second kappa shape index (κ2) is 5.86. The van der Waals surface area contributed by atoms with Gasteiger partial charge in [0.2, 0.25) is 0 Å². The Kier molecular flexibility index (Phi) is 3.76. The maximum absolute atomic E-state index is 10.0. The summed E-state index contributed by atoms with van der Waals surface area (Å²) in [5, 5.41) is 14.3. The topological polar surface area (TPSA) is 58.3 Å². The fourth-order valence-electron chi connectivity index (χ4n) is 2.16. The van der Waals surface area contributed by atoms with E-state index in [9.17, 15) is 5.11 Å². The van der Waals surface area contributed by atoms with Gasteiger partial charge in [-0.25, -0.2) is 0 Å². The third kappa shape index (κ3) is 2.87. The van der Waals surface area contributed by atoms with Crippen LogP contribution >= 0.6 is 0 Å². The van der Waals surface area contributed by atoms with Crippen molar-refractivity contribution in [1.82, 2.24) is 10.3 Å². The summed E-state index contributed by atoms with van der Waals surface area (Å²) in [6.45, 7) is 1.07. The quantitative estimate of drug-likeness (QED) is 0.747. The number of aliphatic hydroxyl groups is 1. The third-order valence-electron chi connectivity index (χ3n) is 3.20. The fraction of sp³-hybridized carbons (Fsp3) is 0.188. The minimum atomic E-state index is -0.539. The molecule has 0 fully saturated rings. The summed E-state index contributed by atoms with van der Waals surface area (Å²) in [5.41, 5.74) is 1.75. The highest BCUT2D eigenvalue weighted by Crippen LogP contribution is 2.18. The van der Waals surface area contributed by atoms with Crippen LogP contribution in [0.4, 0.5) is 0 Å². The highest BCUT2D eigenvalue weighted by Gasteiger charge is 2.07. The molecule has 4 nitrogen and oxygen atoms in total. The normalized spacial score (nSPS) is 12.7. The average Bonchev–Trinajstić information content (AvgIpc) is 2.90.